The van der Waals surface area contributed by atoms with E-state index in [-0.39, 0.29) is 24.0 Å². The van der Waals surface area contributed by atoms with Crippen LogP contribution in [0.25, 0.3) is 0 Å². The molecule has 0 amide bonds. The molecule has 1 unspecified atom stereocenters. The molecule has 0 rings (SSSR count). The maximum atomic E-state index is 10.3. The summed E-state index contributed by atoms with van der Waals surface area (Å²) < 4.78 is 0. The first-order valence-electron chi connectivity index (χ1n) is 4.84. The molecule has 0 saturated carbocycles. The molecule has 2 heteroatoms. The van der Waals surface area contributed by atoms with Gasteiger partial charge in [-0.3, -0.25) is 5.92 Å². The van der Waals surface area contributed by atoms with Crippen LogP contribution in [0.5, 0.6) is 0 Å². The first kappa shape index (κ1) is 16.0. The molecule has 0 aromatic heterocycles. The summed E-state index contributed by atoms with van der Waals surface area (Å²) in [5.41, 5.74) is -0.649. The Balaban J connectivity index is 0. The predicted molar refractivity (Wildman–Crippen MR) is 53.9 cm³/mol. The summed E-state index contributed by atoms with van der Waals surface area (Å²) in [4.78, 5) is 0. The van der Waals surface area contributed by atoms with E-state index in [4.69, 9.17) is 0 Å². The Labute approximate surface area is 95.2 Å². The molecule has 0 aromatic rings. The van der Waals surface area contributed by atoms with Crippen LogP contribution in [0.2, 0.25) is 0 Å². The summed E-state index contributed by atoms with van der Waals surface area (Å²) >= 11 is 0. The second-order valence-electron chi connectivity index (χ2n) is 4.44. The molecule has 1 N–H and O–H groups in total. The topological polar surface area (TPSA) is 20.2 Å². The first-order chi connectivity index (χ1) is 5.29. The molecule has 77 valence electrons. The van der Waals surface area contributed by atoms with Crippen LogP contribution < -0.4 is 0 Å². The SMILES string of the molecule is CC[C-](C)C(C)(O)C(C)(C)CC.[V+2]. The van der Waals surface area contributed by atoms with Crippen molar-refractivity contribution in [3.63, 3.8) is 0 Å². The van der Waals surface area contributed by atoms with Crippen LogP contribution in [0.1, 0.15) is 54.4 Å². The molecule has 0 fully saturated rings. The third-order valence-electron chi connectivity index (χ3n) is 3.56. The number of hydrogen-bond donors (Lipinski definition) is 1. The van der Waals surface area contributed by atoms with Gasteiger partial charge < -0.3 is 5.11 Å². The zero-order chi connectivity index (χ0) is 9.99. The van der Waals surface area contributed by atoms with E-state index in [9.17, 15) is 5.11 Å². The Hall–Kier alpha value is 0.544. The van der Waals surface area contributed by atoms with Crippen LogP contribution in [0.3, 0.4) is 0 Å². The van der Waals surface area contributed by atoms with E-state index in [0.717, 1.165) is 12.8 Å². The van der Waals surface area contributed by atoms with Gasteiger partial charge in [0, 0.05) is 0 Å². The standard InChI is InChI=1S/C11H23O.V/c1-7-9(3)11(6,12)10(4,5)8-2;/h12H,7-8H2,1-6H3;/q-1;+2. The molecule has 0 bridgehead atoms. The van der Waals surface area contributed by atoms with Gasteiger partial charge in [-0.25, -0.2) is 0 Å². The Kier molecular flexibility index (Phi) is 6.68. The van der Waals surface area contributed by atoms with Gasteiger partial charge in [0.25, 0.3) is 0 Å². The molecule has 0 aromatic carbocycles. The summed E-state index contributed by atoms with van der Waals surface area (Å²) in [5.74, 6) is 1.18. The molecule has 1 atom stereocenters. The third-order valence-corrected chi connectivity index (χ3v) is 3.56. The first-order valence-corrected chi connectivity index (χ1v) is 4.84. The molecule has 0 aliphatic carbocycles. The predicted octanol–water partition coefficient (Wildman–Crippen LogP) is 3.18. The molecule has 1 radical (unpaired) electrons. The van der Waals surface area contributed by atoms with E-state index in [2.05, 4.69) is 27.7 Å². The average Bonchev–Trinajstić information content (AvgIpc) is 2.02. The van der Waals surface area contributed by atoms with Gasteiger partial charge in [-0.1, -0.05) is 46.6 Å². The molecular weight excluding hydrogens is 199 g/mol. The van der Waals surface area contributed by atoms with Crippen LogP contribution in [-0.2, 0) is 18.6 Å². The van der Waals surface area contributed by atoms with Gasteiger partial charge in [0.15, 0.2) is 0 Å². The quantitative estimate of drug-likeness (QED) is 0.724. The summed E-state index contributed by atoms with van der Waals surface area (Å²) in [6.07, 6.45) is 1.95. The van der Waals surface area contributed by atoms with Crippen molar-refractivity contribution in [1.29, 1.82) is 0 Å². The number of aliphatic hydroxyl groups is 1. The van der Waals surface area contributed by atoms with E-state index < -0.39 is 5.60 Å². The second kappa shape index (κ2) is 5.43. The van der Waals surface area contributed by atoms with Crippen molar-refractivity contribution in [1.82, 2.24) is 0 Å². The van der Waals surface area contributed by atoms with E-state index in [1.54, 1.807) is 0 Å². The Bertz CT molecular complexity index is 141. The minimum Gasteiger partial charge on any atom is -0.421 e. The van der Waals surface area contributed by atoms with Crippen LogP contribution in [0, 0.1) is 11.3 Å². The van der Waals surface area contributed by atoms with Crippen LogP contribution in [0.4, 0.5) is 0 Å². The largest absolute Gasteiger partial charge is 2.00 e. The van der Waals surface area contributed by atoms with Crippen molar-refractivity contribution in [3.05, 3.63) is 5.92 Å². The molecule has 1 nitrogen and oxygen atoms in total. The normalized spacial score (nSPS) is 16.6. The fraction of sp³-hybridized carbons (Fsp3) is 0.909. The Morgan fingerprint density at radius 3 is 1.77 bits per heavy atom. The van der Waals surface area contributed by atoms with Gasteiger partial charge >= 0.3 is 18.6 Å². The Morgan fingerprint density at radius 1 is 1.15 bits per heavy atom. The minimum atomic E-state index is -0.628. The summed E-state index contributed by atoms with van der Waals surface area (Å²) in [5, 5.41) is 10.3. The van der Waals surface area contributed by atoms with Crippen LogP contribution in [0.15, 0.2) is 0 Å². The zero-order valence-electron chi connectivity index (χ0n) is 9.81. The summed E-state index contributed by atoms with van der Waals surface area (Å²) in [7, 11) is 0. The van der Waals surface area contributed by atoms with Gasteiger partial charge in [0.05, 0.1) is 0 Å². The summed E-state index contributed by atoms with van der Waals surface area (Å²) in [6, 6.07) is 0. The van der Waals surface area contributed by atoms with Crippen molar-refractivity contribution in [2.45, 2.75) is 60.0 Å². The third kappa shape index (κ3) is 3.30. The molecule has 0 aliphatic heterocycles. The van der Waals surface area contributed by atoms with Crippen molar-refractivity contribution < 1.29 is 23.7 Å². The van der Waals surface area contributed by atoms with E-state index >= 15 is 0 Å². The number of rotatable bonds is 4. The summed E-state index contributed by atoms with van der Waals surface area (Å²) in [6.45, 7) is 12.4. The smallest absolute Gasteiger partial charge is 0.421 e. The zero-order valence-corrected chi connectivity index (χ0v) is 11.2. The van der Waals surface area contributed by atoms with Crippen LogP contribution >= 0.6 is 0 Å². The average molecular weight is 222 g/mol. The maximum absolute atomic E-state index is 10.3. The van der Waals surface area contributed by atoms with Crippen molar-refractivity contribution >= 4 is 0 Å². The minimum absolute atomic E-state index is 0. The monoisotopic (exact) mass is 222 g/mol. The van der Waals surface area contributed by atoms with Gasteiger partial charge in [0.2, 0.25) is 0 Å². The van der Waals surface area contributed by atoms with Gasteiger partial charge in [-0.15, -0.1) is 0 Å². The maximum Gasteiger partial charge on any atom is 2.00 e. The molecule has 0 aliphatic rings. The molecule has 0 spiro atoms. The fourth-order valence-corrected chi connectivity index (χ4v) is 1.27. The Morgan fingerprint density at radius 2 is 1.54 bits per heavy atom. The fourth-order valence-electron chi connectivity index (χ4n) is 1.27. The van der Waals surface area contributed by atoms with Crippen molar-refractivity contribution in [2.24, 2.45) is 5.41 Å². The van der Waals surface area contributed by atoms with Crippen molar-refractivity contribution in [2.75, 3.05) is 0 Å². The van der Waals surface area contributed by atoms with E-state index in [1.165, 1.54) is 5.92 Å². The molecular formula is C11H23OV+. The second-order valence-corrected chi connectivity index (χ2v) is 4.44. The van der Waals surface area contributed by atoms with Gasteiger partial charge in [-0.2, -0.15) is 13.3 Å². The van der Waals surface area contributed by atoms with Gasteiger partial charge in [0.1, 0.15) is 0 Å². The molecule has 0 heterocycles. The van der Waals surface area contributed by atoms with Crippen LogP contribution in [-0.4, -0.2) is 10.7 Å². The van der Waals surface area contributed by atoms with E-state index in [1.807, 2.05) is 13.8 Å². The van der Waals surface area contributed by atoms with Crippen molar-refractivity contribution in [3.8, 4) is 0 Å². The molecule has 0 saturated heterocycles. The van der Waals surface area contributed by atoms with Gasteiger partial charge in [-0.05, 0) is 5.41 Å². The molecule has 13 heavy (non-hydrogen) atoms. The van der Waals surface area contributed by atoms with E-state index in [0.29, 0.717) is 0 Å². The number of hydrogen-bond acceptors (Lipinski definition) is 1.